The third-order valence-electron chi connectivity index (χ3n) is 2.53. The number of unbranched alkanes of at least 4 members (excludes halogenated alkanes) is 2. The van der Waals surface area contributed by atoms with Crippen molar-refractivity contribution in [2.75, 3.05) is 6.54 Å². The number of hydrogen-bond donors (Lipinski definition) is 1. The Kier molecular flexibility index (Phi) is 5.05. The highest BCUT2D eigenvalue weighted by molar-refractivity contribution is 5.97. The summed E-state index contributed by atoms with van der Waals surface area (Å²) in [7, 11) is 0. The second-order valence-corrected chi connectivity index (χ2v) is 3.78. The molecule has 2 heteroatoms. The SMILES string of the molecule is CCCCCc1ccc(C(=O)CN)cc1. The van der Waals surface area contributed by atoms with Crippen molar-refractivity contribution in [1.29, 1.82) is 0 Å². The van der Waals surface area contributed by atoms with E-state index in [0.717, 1.165) is 12.0 Å². The summed E-state index contributed by atoms with van der Waals surface area (Å²) in [6.07, 6.45) is 4.83. The van der Waals surface area contributed by atoms with Gasteiger partial charge in [0.05, 0.1) is 6.54 Å². The molecular formula is C13H19NO. The summed E-state index contributed by atoms with van der Waals surface area (Å²) < 4.78 is 0. The molecule has 0 aromatic heterocycles. The molecule has 0 saturated carbocycles. The number of rotatable bonds is 6. The average Bonchev–Trinajstić information content (AvgIpc) is 2.29. The third-order valence-corrected chi connectivity index (χ3v) is 2.53. The first-order valence-corrected chi connectivity index (χ1v) is 5.60. The summed E-state index contributed by atoms with van der Waals surface area (Å²) in [5.74, 6) is 0.00936. The van der Waals surface area contributed by atoms with Gasteiger partial charge in [-0.3, -0.25) is 4.79 Å². The van der Waals surface area contributed by atoms with Crippen molar-refractivity contribution in [2.45, 2.75) is 32.6 Å². The van der Waals surface area contributed by atoms with Crippen molar-refractivity contribution in [3.8, 4) is 0 Å². The van der Waals surface area contributed by atoms with Crippen molar-refractivity contribution in [1.82, 2.24) is 0 Å². The van der Waals surface area contributed by atoms with E-state index in [0.29, 0.717) is 0 Å². The number of ketones is 1. The number of benzene rings is 1. The molecule has 15 heavy (non-hydrogen) atoms. The maximum atomic E-state index is 11.3. The molecule has 0 saturated heterocycles. The van der Waals surface area contributed by atoms with E-state index >= 15 is 0 Å². The van der Waals surface area contributed by atoms with Crippen LogP contribution < -0.4 is 5.73 Å². The molecule has 0 aliphatic heterocycles. The Morgan fingerprint density at radius 3 is 2.40 bits per heavy atom. The first-order chi connectivity index (χ1) is 7.27. The number of aryl methyl sites for hydroxylation is 1. The second kappa shape index (κ2) is 6.36. The number of Topliss-reactive ketones (excluding diaryl/α,β-unsaturated/α-hetero) is 1. The molecule has 0 aliphatic rings. The predicted molar refractivity (Wildman–Crippen MR) is 63.1 cm³/mol. The molecule has 0 atom stereocenters. The lowest BCUT2D eigenvalue weighted by Gasteiger charge is -2.02. The van der Waals surface area contributed by atoms with Gasteiger partial charge in [-0.15, -0.1) is 0 Å². The van der Waals surface area contributed by atoms with Crippen LogP contribution in [0.15, 0.2) is 24.3 Å². The summed E-state index contributed by atoms with van der Waals surface area (Å²) in [6.45, 7) is 2.29. The minimum atomic E-state index is 0.00936. The van der Waals surface area contributed by atoms with Crippen LogP contribution in [0.25, 0.3) is 0 Å². The molecule has 0 unspecified atom stereocenters. The summed E-state index contributed by atoms with van der Waals surface area (Å²) in [4.78, 5) is 11.3. The molecule has 0 amide bonds. The van der Waals surface area contributed by atoms with E-state index in [9.17, 15) is 4.79 Å². The minimum Gasteiger partial charge on any atom is -0.324 e. The van der Waals surface area contributed by atoms with Crippen LogP contribution in [0.3, 0.4) is 0 Å². The quantitative estimate of drug-likeness (QED) is 0.573. The lowest BCUT2D eigenvalue weighted by molar-refractivity contribution is 0.100. The van der Waals surface area contributed by atoms with Crippen molar-refractivity contribution in [3.05, 3.63) is 35.4 Å². The first kappa shape index (κ1) is 11.9. The van der Waals surface area contributed by atoms with E-state index in [1.807, 2.05) is 24.3 Å². The number of hydrogen-bond acceptors (Lipinski definition) is 2. The Balaban J connectivity index is 2.52. The molecule has 1 aromatic carbocycles. The molecule has 0 radical (unpaired) electrons. The van der Waals surface area contributed by atoms with Gasteiger partial charge in [0.2, 0.25) is 0 Å². The molecule has 0 spiro atoms. The van der Waals surface area contributed by atoms with Crippen LogP contribution in [0.2, 0.25) is 0 Å². The van der Waals surface area contributed by atoms with Crippen molar-refractivity contribution >= 4 is 5.78 Å². The van der Waals surface area contributed by atoms with Crippen molar-refractivity contribution in [3.63, 3.8) is 0 Å². The molecule has 0 aliphatic carbocycles. The number of carbonyl (C=O) groups is 1. The highest BCUT2D eigenvalue weighted by Gasteiger charge is 2.02. The number of carbonyl (C=O) groups excluding carboxylic acids is 1. The minimum absolute atomic E-state index is 0.00936. The largest absolute Gasteiger partial charge is 0.324 e. The zero-order valence-electron chi connectivity index (χ0n) is 9.33. The topological polar surface area (TPSA) is 43.1 Å². The Labute approximate surface area is 91.5 Å². The predicted octanol–water partition coefficient (Wildman–Crippen LogP) is 2.56. The molecule has 0 bridgehead atoms. The third kappa shape index (κ3) is 3.84. The smallest absolute Gasteiger partial charge is 0.176 e. The molecule has 2 nitrogen and oxygen atoms in total. The van der Waals surface area contributed by atoms with E-state index in [1.54, 1.807) is 0 Å². The lowest BCUT2D eigenvalue weighted by atomic mass is 10.0. The van der Waals surface area contributed by atoms with Gasteiger partial charge in [0.25, 0.3) is 0 Å². The molecule has 0 fully saturated rings. The van der Waals surface area contributed by atoms with Crippen LogP contribution in [0.1, 0.15) is 42.1 Å². The zero-order valence-corrected chi connectivity index (χ0v) is 9.33. The van der Waals surface area contributed by atoms with Gasteiger partial charge in [0.15, 0.2) is 5.78 Å². The molecular weight excluding hydrogens is 186 g/mol. The van der Waals surface area contributed by atoms with Crippen LogP contribution in [-0.2, 0) is 6.42 Å². The summed E-state index contributed by atoms with van der Waals surface area (Å²) in [5.41, 5.74) is 7.31. The summed E-state index contributed by atoms with van der Waals surface area (Å²) >= 11 is 0. The van der Waals surface area contributed by atoms with Gasteiger partial charge >= 0.3 is 0 Å². The van der Waals surface area contributed by atoms with E-state index < -0.39 is 0 Å². The van der Waals surface area contributed by atoms with Crippen LogP contribution in [0.5, 0.6) is 0 Å². The second-order valence-electron chi connectivity index (χ2n) is 3.78. The Hall–Kier alpha value is -1.15. The first-order valence-electron chi connectivity index (χ1n) is 5.60. The van der Waals surface area contributed by atoms with Gasteiger partial charge in [-0.1, -0.05) is 44.0 Å². The maximum absolute atomic E-state index is 11.3. The average molecular weight is 205 g/mol. The number of nitrogens with two attached hydrogens (primary N) is 1. The van der Waals surface area contributed by atoms with E-state index in [-0.39, 0.29) is 12.3 Å². The van der Waals surface area contributed by atoms with Crippen LogP contribution in [-0.4, -0.2) is 12.3 Å². The Bertz CT molecular complexity index is 303. The van der Waals surface area contributed by atoms with Gasteiger partial charge in [-0.05, 0) is 18.4 Å². The summed E-state index contributed by atoms with van der Waals surface area (Å²) in [5, 5.41) is 0. The lowest BCUT2D eigenvalue weighted by Crippen LogP contribution is -2.13. The Morgan fingerprint density at radius 2 is 1.87 bits per heavy atom. The molecule has 1 aromatic rings. The molecule has 1 rings (SSSR count). The van der Waals surface area contributed by atoms with Crippen LogP contribution in [0, 0.1) is 0 Å². The molecule has 0 heterocycles. The van der Waals surface area contributed by atoms with Gasteiger partial charge < -0.3 is 5.73 Å². The highest BCUT2D eigenvalue weighted by Crippen LogP contribution is 2.09. The highest BCUT2D eigenvalue weighted by atomic mass is 16.1. The van der Waals surface area contributed by atoms with Crippen molar-refractivity contribution < 1.29 is 4.79 Å². The van der Waals surface area contributed by atoms with Gasteiger partial charge in [0.1, 0.15) is 0 Å². The van der Waals surface area contributed by atoms with Gasteiger partial charge in [0, 0.05) is 5.56 Å². The van der Waals surface area contributed by atoms with E-state index in [2.05, 4.69) is 6.92 Å². The molecule has 82 valence electrons. The fraction of sp³-hybridized carbons (Fsp3) is 0.462. The van der Waals surface area contributed by atoms with Gasteiger partial charge in [-0.2, -0.15) is 0 Å². The van der Waals surface area contributed by atoms with E-state index in [4.69, 9.17) is 5.73 Å². The maximum Gasteiger partial charge on any atom is 0.176 e. The monoisotopic (exact) mass is 205 g/mol. The fourth-order valence-electron chi connectivity index (χ4n) is 1.55. The van der Waals surface area contributed by atoms with E-state index in [1.165, 1.54) is 24.8 Å². The standard InChI is InChI=1S/C13H19NO/c1-2-3-4-5-11-6-8-12(9-7-11)13(15)10-14/h6-9H,2-5,10,14H2,1H3. The van der Waals surface area contributed by atoms with Crippen LogP contribution in [0.4, 0.5) is 0 Å². The zero-order chi connectivity index (χ0) is 11.1. The van der Waals surface area contributed by atoms with Crippen LogP contribution >= 0.6 is 0 Å². The fourth-order valence-corrected chi connectivity index (χ4v) is 1.55. The molecule has 2 N–H and O–H groups in total. The van der Waals surface area contributed by atoms with Gasteiger partial charge in [-0.25, -0.2) is 0 Å². The normalized spacial score (nSPS) is 10.3. The summed E-state index contributed by atoms with van der Waals surface area (Å²) in [6, 6.07) is 7.80. The van der Waals surface area contributed by atoms with Crippen molar-refractivity contribution in [2.24, 2.45) is 5.73 Å². The Morgan fingerprint density at radius 1 is 1.20 bits per heavy atom.